The average molecular weight is 338 g/mol. The Balaban J connectivity index is 2.37. The summed E-state index contributed by atoms with van der Waals surface area (Å²) in [5, 5.41) is 0. The largest absolute Gasteiger partial charge is 0.573 e. The quantitative estimate of drug-likeness (QED) is 0.619. The summed E-state index contributed by atoms with van der Waals surface area (Å²) < 4.78 is 78.0. The molecule has 1 aliphatic heterocycles. The van der Waals surface area contributed by atoms with E-state index in [1.807, 2.05) is 0 Å². The Kier molecular flexibility index (Phi) is 4.40. The van der Waals surface area contributed by atoms with E-state index in [9.17, 15) is 22.0 Å². The summed E-state index contributed by atoms with van der Waals surface area (Å²) >= 11 is 0. The van der Waals surface area contributed by atoms with Crippen LogP contribution in [-0.2, 0) is 9.31 Å². The van der Waals surface area contributed by atoms with Crippen LogP contribution < -0.4 is 10.2 Å². The van der Waals surface area contributed by atoms with Crippen molar-refractivity contribution in [3.8, 4) is 5.75 Å². The third-order valence-corrected chi connectivity index (χ3v) is 4.02. The molecule has 0 radical (unpaired) electrons. The number of ether oxygens (including phenoxy) is 1. The molecule has 0 unspecified atom stereocenters. The molecule has 0 N–H and O–H groups in total. The van der Waals surface area contributed by atoms with E-state index in [0.717, 1.165) is 12.1 Å². The predicted octanol–water partition coefficient (Wildman–Crippen LogP) is 3.82. The lowest BCUT2D eigenvalue weighted by Gasteiger charge is -2.32. The van der Waals surface area contributed by atoms with Crippen LogP contribution in [0.1, 0.15) is 39.7 Å². The van der Waals surface area contributed by atoms with E-state index < -0.39 is 42.4 Å². The molecule has 1 aliphatic rings. The number of halogens is 5. The maximum absolute atomic E-state index is 12.8. The van der Waals surface area contributed by atoms with Gasteiger partial charge in [-0.15, -0.1) is 13.2 Å². The van der Waals surface area contributed by atoms with Gasteiger partial charge in [0.15, 0.2) is 0 Å². The van der Waals surface area contributed by atoms with Gasteiger partial charge in [-0.25, -0.2) is 8.78 Å². The average Bonchev–Trinajstić information content (AvgIpc) is 2.56. The number of rotatable bonds is 3. The van der Waals surface area contributed by atoms with Crippen molar-refractivity contribution in [3.05, 3.63) is 23.8 Å². The molecule has 0 aromatic heterocycles. The van der Waals surface area contributed by atoms with Gasteiger partial charge in [-0.1, -0.05) is 6.07 Å². The minimum atomic E-state index is -5.07. The highest BCUT2D eigenvalue weighted by atomic mass is 19.4. The van der Waals surface area contributed by atoms with Crippen molar-refractivity contribution in [1.82, 2.24) is 0 Å². The maximum Gasteiger partial charge on any atom is 0.573 e. The van der Waals surface area contributed by atoms with Crippen molar-refractivity contribution >= 4 is 12.6 Å². The molecule has 0 bridgehead atoms. The molecule has 1 aromatic carbocycles. The van der Waals surface area contributed by atoms with Crippen molar-refractivity contribution in [1.29, 1.82) is 0 Å². The molecule has 0 aliphatic carbocycles. The fourth-order valence-electron chi connectivity index (χ4n) is 2.07. The Labute approximate surface area is 130 Å². The number of alkyl halides is 5. The second kappa shape index (κ2) is 5.63. The summed E-state index contributed by atoms with van der Waals surface area (Å²) in [5.41, 5.74) is -2.08. The summed E-state index contributed by atoms with van der Waals surface area (Å²) in [6.07, 6.45) is -8.17. The molecule has 3 nitrogen and oxygen atoms in total. The molecular weight excluding hydrogens is 322 g/mol. The van der Waals surface area contributed by atoms with Gasteiger partial charge in [0.05, 0.1) is 16.8 Å². The Morgan fingerprint density at radius 3 is 2.00 bits per heavy atom. The Bertz CT molecular complexity index is 570. The zero-order valence-corrected chi connectivity index (χ0v) is 13.0. The molecule has 1 fully saturated rings. The fourth-order valence-corrected chi connectivity index (χ4v) is 2.07. The lowest BCUT2D eigenvalue weighted by molar-refractivity contribution is -0.275. The third kappa shape index (κ3) is 3.77. The van der Waals surface area contributed by atoms with Crippen LogP contribution in [0.4, 0.5) is 22.0 Å². The van der Waals surface area contributed by atoms with E-state index in [1.165, 1.54) is 6.07 Å². The molecule has 0 saturated carbocycles. The molecule has 0 atom stereocenters. The van der Waals surface area contributed by atoms with E-state index in [0.29, 0.717) is 0 Å². The first-order chi connectivity index (χ1) is 10.3. The van der Waals surface area contributed by atoms with Gasteiger partial charge in [0.25, 0.3) is 6.43 Å². The molecule has 1 aromatic rings. The van der Waals surface area contributed by atoms with E-state index in [1.54, 1.807) is 27.7 Å². The van der Waals surface area contributed by atoms with Crippen LogP contribution in [0.3, 0.4) is 0 Å². The number of benzene rings is 1. The van der Waals surface area contributed by atoms with Gasteiger partial charge in [-0.05, 0) is 45.3 Å². The second-order valence-corrected chi connectivity index (χ2v) is 6.23. The Morgan fingerprint density at radius 1 is 1.04 bits per heavy atom. The van der Waals surface area contributed by atoms with Crippen molar-refractivity contribution in [2.24, 2.45) is 0 Å². The van der Waals surface area contributed by atoms with E-state index in [4.69, 9.17) is 9.31 Å². The van der Waals surface area contributed by atoms with Gasteiger partial charge in [0.1, 0.15) is 5.75 Å². The molecule has 2 rings (SSSR count). The topological polar surface area (TPSA) is 27.7 Å². The standard InChI is InChI=1S/C14H16BF5O3/c1-12(2)13(3,4)23-15(22-12)8-5-6-9(11(16)17)10(7-8)21-14(18,19)20/h5-7,11H,1-4H3. The highest BCUT2D eigenvalue weighted by molar-refractivity contribution is 6.62. The molecule has 0 spiro atoms. The van der Waals surface area contributed by atoms with Gasteiger partial charge in [-0.3, -0.25) is 0 Å². The van der Waals surface area contributed by atoms with Gasteiger partial charge >= 0.3 is 13.5 Å². The summed E-state index contributed by atoms with van der Waals surface area (Å²) in [6.45, 7) is 7.09. The third-order valence-electron chi connectivity index (χ3n) is 4.02. The zero-order chi connectivity index (χ0) is 17.6. The summed E-state index contributed by atoms with van der Waals surface area (Å²) in [5.74, 6) is -0.959. The van der Waals surface area contributed by atoms with Crippen molar-refractivity contribution < 1.29 is 36.0 Å². The highest BCUT2D eigenvalue weighted by Crippen LogP contribution is 2.38. The molecule has 23 heavy (non-hydrogen) atoms. The summed E-state index contributed by atoms with van der Waals surface area (Å²) in [6, 6.07) is 3.00. The SMILES string of the molecule is CC1(C)OB(c2ccc(C(F)F)c(OC(F)(F)F)c2)OC1(C)C. The maximum atomic E-state index is 12.8. The molecule has 0 amide bonds. The monoisotopic (exact) mass is 338 g/mol. The highest BCUT2D eigenvalue weighted by Gasteiger charge is 2.52. The lowest BCUT2D eigenvalue weighted by atomic mass is 9.78. The van der Waals surface area contributed by atoms with E-state index in [2.05, 4.69) is 4.74 Å². The summed E-state index contributed by atoms with van der Waals surface area (Å²) in [4.78, 5) is 0. The number of hydrogen-bond donors (Lipinski definition) is 0. The zero-order valence-electron chi connectivity index (χ0n) is 13.0. The lowest BCUT2D eigenvalue weighted by Crippen LogP contribution is -2.41. The Hall–Kier alpha value is -1.35. The molecule has 128 valence electrons. The van der Waals surface area contributed by atoms with Crippen LogP contribution in [-0.4, -0.2) is 24.7 Å². The van der Waals surface area contributed by atoms with Crippen LogP contribution >= 0.6 is 0 Å². The smallest absolute Gasteiger partial charge is 0.405 e. The first kappa shape index (κ1) is 18.0. The van der Waals surface area contributed by atoms with Crippen molar-refractivity contribution in [2.75, 3.05) is 0 Å². The van der Waals surface area contributed by atoms with E-state index >= 15 is 0 Å². The molecule has 9 heteroatoms. The van der Waals surface area contributed by atoms with Gasteiger partial charge < -0.3 is 14.0 Å². The van der Waals surface area contributed by atoms with Crippen molar-refractivity contribution in [2.45, 2.75) is 51.7 Å². The van der Waals surface area contributed by atoms with Crippen LogP contribution in [0.15, 0.2) is 18.2 Å². The minimum Gasteiger partial charge on any atom is -0.405 e. The molecular formula is C14H16BF5O3. The predicted molar refractivity (Wildman–Crippen MR) is 73.8 cm³/mol. The van der Waals surface area contributed by atoms with Gasteiger partial charge in [-0.2, -0.15) is 0 Å². The number of hydrogen-bond acceptors (Lipinski definition) is 3. The second-order valence-electron chi connectivity index (χ2n) is 6.23. The van der Waals surface area contributed by atoms with E-state index in [-0.39, 0.29) is 5.46 Å². The first-order valence-electron chi connectivity index (χ1n) is 6.86. The normalized spacial score (nSPS) is 20.2. The van der Waals surface area contributed by atoms with Gasteiger partial charge in [0.2, 0.25) is 0 Å². The Morgan fingerprint density at radius 2 is 1.57 bits per heavy atom. The van der Waals surface area contributed by atoms with Gasteiger partial charge in [0, 0.05) is 0 Å². The molecule has 1 heterocycles. The van der Waals surface area contributed by atoms with Crippen molar-refractivity contribution in [3.63, 3.8) is 0 Å². The molecule has 1 saturated heterocycles. The minimum absolute atomic E-state index is 0.173. The van der Waals surface area contributed by atoms with Crippen LogP contribution in [0, 0.1) is 0 Å². The van der Waals surface area contributed by atoms with Crippen LogP contribution in [0.2, 0.25) is 0 Å². The van der Waals surface area contributed by atoms with Crippen LogP contribution in [0.25, 0.3) is 0 Å². The fraction of sp³-hybridized carbons (Fsp3) is 0.571. The first-order valence-corrected chi connectivity index (χ1v) is 6.86. The van der Waals surface area contributed by atoms with Crippen LogP contribution in [0.5, 0.6) is 5.75 Å². The summed E-state index contributed by atoms with van der Waals surface area (Å²) in [7, 11) is -0.970.